The van der Waals surface area contributed by atoms with Gasteiger partial charge in [-0.05, 0) is 6.07 Å². The molecule has 4 heteroatoms. The smallest absolute Gasteiger partial charge is 0.207 e. The van der Waals surface area contributed by atoms with E-state index in [1.165, 1.54) is 6.20 Å². The SMILES string of the molecule is COCc1cccc2c(=O)c(C#N)c[nH]c12. The molecule has 1 heterocycles. The van der Waals surface area contributed by atoms with Gasteiger partial charge in [-0.1, -0.05) is 12.1 Å². The first-order valence-corrected chi connectivity index (χ1v) is 4.80. The third kappa shape index (κ3) is 1.58. The van der Waals surface area contributed by atoms with Gasteiger partial charge in [0.05, 0.1) is 12.1 Å². The van der Waals surface area contributed by atoms with Crippen molar-refractivity contribution in [2.45, 2.75) is 6.61 Å². The molecular formula is C12H10N2O2. The number of methoxy groups -OCH3 is 1. The van der Waals surface area contributed by atoms with Crippen LogP contribution in [0.15, 0.2) is 29.2 Å². The fourth-order valence-electron chi connectivity index (χ4n) is 1.67. The van der Waals surface area contributed by atoms with Crippen LogP contribution >= 0.6 is 0 Å². The number of benzene rings is 1. The molecular weight excluding hydrogens is 204 g/mol. The van der Waals surface area contributed by atoms with Crippen molar-refractivity contribution in [2.24, 2.45) is 0 Å². The molecule has 80 valence electrons. The third-order valence-electron chi connectivity index (χ3n) is 2.42. The minimum absolute atomic E-state index is 0.127. The number of nitrogens with one attached hydrogen (secondary N) is 1. The zero-order valence-electron chi connectivity index (χ0n) is 8.78. The second kappa shape index (κ2) is 4.17. The van der Waals surface area contributed by atoms with Crippen molar-refractivity contribution in [3.63, 3.8) is 0 Å². The Morgan fingerprint density at radius 2 is 2.31 bits per heavy atom. The van der Waals surface area contributed by atoms with Gasteiger partial charge in [0.25, 0.3) is 0 Å². The van der Waals surface area contributed by atoms with Crippen molar-refractivity contribution in [1.82, 2.24) is 4.98 Å². The molecule has 0 fully saturated rings. The van der Waals surface area contributed by atoms with Gasteiger partial charge in [0.15, 0.2) is 0 Å². The molecule has 1 aromatic carbocycles. The number of hydrogen-bond donors (Lipinski definition) is 1. The Kier molecular flexibility index (Phi) is 2.71. The predicted octanol–water partition coefficient (Wildman–Crippen LogP) is 1.55. The number of ether oxygens (including phenoxy) is 1. The molecule has 16 heavy (non-hydrogen) atoms. The van der Waals surface area contributed by atoms with Gasteiger partial charge in [-0.15, -0.1) is 0 Å². The van der Waals surface area contributed by atoms with E-state index in [1.54, 1.807) is 19.2 Å². The van der Waals surface area contributed by atoms with Gasteiger partial charge in [-0.25, -0.2) is 0 Å². The lowest BCUT2D eigenvalue weighted by Gasteiger charge is -2.04. The van der Waals surface area contributed by atoms with E-state index in [4.69, 9.17) is 10.00 Å². The predicted molar refractivity (Wildman–Crippen MR) is 60.0 cm³/mol. The average molecular weight is 214 g/mol. The van der Waals surface area contributed by atoms with E-state index in [2.05, 4.69) is 4.98 Å². The summed E-state index contributed by atoms with van der Waals surface area (Å²) in [6.45, 7) is 0.430. The first-order chi connectivity index (χ1) is 7.77. The zero-order chi connectivity index (χ0) is 11.5. The Bertz CT molecular complexity index is 623. The second-order valence-corrected chi connectivity index (χ2v) is 3.42. The Balaban J connectivity index is 2.79. The summed E-state index contributed by atoms with van der Waals surface area (Å²) in [5.74, 6) is 0. The average Bonchev–Trinajstić information content (AvgIpc) is 2.31. The Morgan fingerprint density at radius 1 is 1.50 bits per heavy atom. The second-order valence-electron chi connectivity index (χ2n) is 3.42. The number of pyridine rings is 1. The highest BCUT2D eigenvalue weighted by atomic mass is 16.5. The summed E-state index contributed by atoms with van der Waals surface area (Å²) >= 11 is 0. The zero-order valence-corrected chi connectivity index (χ0v) is 8.78. The van der Waals surface area contributed by atoms with Crippen molar-refractivity contribution < 1.29 is 4.74 Å². The Morgan fingerprint density at radius 3 is 3.00 bits per heavy atom. The van der Waals surface area contributed by atoms with E-state index in [1.807, 2.05) is 12.1 Å². The highest BCUT2D eigenvalue weighted by molar-refractivity contribution is 5.82. The number of nitriles is 1. The standard InChI is InChI=1S/C12H10N2O2/c1-16-7-8-3-2-4-10-11(8)14-6-9(5-13)12(10)15/h2-4,6H,7H2,1H3,(H,14,15). The van der Waals surface area contributed by atoms with E-state index in [9.17, 15) is 4.79 Å². The fraction of sp³-hybridized carbons (Fsp3) is 0.167. The van der Waals surface area contributed by atoms with Crippen LogP contribution in [0.5, 0.6) is 0 Å². The van der Waals surface area contributed by atoms with E-state index in [-0.39, 0.29) is 11.0 Å². The summed E-state index contributed by atoms with van der Waals surface area (Å²) in [6.07, 6.45) is 1.43. The monoisotopic (exact) mass is 214 g/mol. The van der Waals surface area contributed by atoms with Gasteiger partial charge in [-0.3, -0.25) is 4.79 Å². The molecule has 2 rings (SSSR count). The number of fused-ring (bicyclic) bond motifs is 1. The molecule has 0 aliphatic rings. The van der Waals surface area contributed by atoms with Gasteiger partial charge in [0, 0.05) is 24.3 Å². The largest absolute Gasteiger partial charge is 0.380 e. The molecule has 0 unspecified atom stereocenters. The summed E-state index contributed by atoms with van der Waals surface area (Å²) in [4.78, 5) is 14.8. The molecule has 2 aromatic rings. The lowest BCUT2D eigenvalue weighted by Crippen LogP contribution is -2.08. The highest BCUT2D eigenvalue weighted by Crippen LogP contribution is 2.14. The molecule has 0 radical (unpaired) electrons. The van der Waals surface area contributed by atoms with Crippen LogP contribution in [-0.4, -0.2) is 12.1 Å². The lowest BCUT2D eigenvalue weighted by molar-refractivity contribution is 0.186. The minimum Gasteiger partial charge on any atom is -0.380 e. The number of H-pyrrole nitrogens is 1. The summed E-state index contributed by atoms with van der Waals surface area (Å²) in [5.41, 5.74) is 1.52. The molecule has 0 aliphatic carbocycles. The minimum atomic E-state index is -0.241. The number of para-hydroxylation sites is 1. The van der Waals surface area contributed by atoms with E-state index in [0.717, 1.165) is 11.1 Å². The molecule has 4 nitrogen and oxygen atoms in total. The van der Waals surface area contributed by atoms with Crippen LogP contribution in [0, 0.1) is 11.3 Å². The molecule has 0 saturated carbocycles. The summed E-state index contributed by atoms with van der Waals surface area (Å²) in [6, 6.07) is 7.23. The summed E-state index contributed by atoms with van der Waals surface area (Å²) in [7, 11) is 1.60. The van der Waals surface area contributed by atoms with E-state index in [0.29, 0.717) is 12.0 Å². The third-order valence-corrected chi connectivity index (χ3v) is 2.42. The van der Waals surface area contributed by atoms with Crippen molar-refractivity contribution >= 4 is 10.9 Å². The number of nitrogens with zero attached hydrogens (tertiary/aromatic N) is 1. The number of aromatic amines is 1. The van der Waals surface area contributed by atoms with Crippen LogP contribution in [0.2, 0.25) is 0 Å². The van der Waals surface area contributed by atoms with Crippen molar-refractivity contribution in [1.29, 1.82) is 5.26 Å². The van der Waals surface area contributed by atoms with Gasteiger partial charge in [0.2, 0.25) is 5.43 Å². The van der Waals surface area contributed by atoms with Crippen LogP contribution in [0.4, 0.5) is 0 Å². The molecule has 1 N–H and O–H groups in total. The fourth-order valence-corrected chi connectivity index (χ4v) is 1.67. The van der Waals surface area contributed by atoms with E-state index < -0.39 is 0 Å². The first-order valence-electron chi connectivity index (χ1n) is 4.80. The van der Waals surface area contributed by atoms with Crippen LogP contribution < -0.4 is 5.43 Å². The summed E-state index contributed by atoms with van der Waals surface area (Å²) in [5, 5.41) is 9.28. The van der Waals surface area contributed by atoms with E-state index >= 15 is 0 Å². The van der Waals surface area contributed by atoms with Crippen molar-refractivity contribution in [3.05, 3.63) is 45.7 Å². The Labute approximate surface area is 92.1 Å². The Hall–Kier alpha value is -2.12. The van der Waals surface area contributed by atoms with Gasteiger partial charge < -0.3 is 9.72 Å². The maximum atomic E-state index is 11.8. The molecule has 1 aromatic heterocycles. The lowest BCUT2D eigenvalue weighted by atomic mass is 10.1. The van der Waals surface area contributed by atoms with Crippen molar-refractivity contribution in [3.8, 4) is 6.07 Å². The number of rotatable bonds is 2. The summed E-state index contributed by atoms with van der Waals surface area (Å²) < 4.78 is 5.05. The van der Waals surface area contributed by atoms with Crippen molar-refractivity contribution in [2.75, 3.05) is 7.11 Å². The molecule has 0 saturated heterocycles. The van der Waals surface area contributed by atoms with Gasteiger partial charge in [0.1, 0.15) is 11.6 Å². The molecule has 0 bridgehead atoms. The highest BCUT2D eigenvalue weighted by Gasteiger charge is 2.07. The molecule has 0 amide bonds. The number of aromatic nitrogens is 1. The number of hydrogen-bond acceptors (Lipinski definition) is 3. The maximum Gasteiger partial charge on any atom is 0.207 e. The van der Waals surface area contributed by atoms with Gasteiger partial charge in [-0.2, -0.15) is 5.26 Å². The quantitative estimate of drug-likeness (QED) is 0.824. The first kappa shape index (κ1) is 10.4. The topological polar surface area (TPSA) is 65.9 Å². The molecule has 0 aliphatic heterocycles. The maximum absolute atomic E-state index is 11.8. The van der Waals surface area contributed by atoms with Gasteiger partial charge >= 0.3 is 0 Å². The van der Waals surface area contributed by atoms with Crippen LogP contribution in [-0.2, 0) is 11.3 Å². The molecule has 0 spiro atoms. The van der Waals surface area contributed by atoms with Crippen LogP contribution in [0.3, 0.4) is 0 Å². The molecule has 0 atom stereocenters. The normalized spacial score (nSPS) is 10.2. The van der Waals surface area contributed by atoms with Crippen LogP contribution in [0.25, 0.3) is 10.9 Å². The van der Waals surface area contributed by atoms with Crippen LogP contribution in [0.1, 0.15) is 11.1 Å².